The summed E-state index contributed by atoms with van der Waals surface area (Å²) in [4.78, 5) is 0.658. The molecule has 7 heteroatoms. The number of ether oxygens (including phenoxy) is 1. The normalized spacial score (nSPS) is 35.6. The van der Waals surface area contributed by atoms with Crippen molar-refractivity contribution < 1.29 is 14.9 Å². The van der Waals surface area contributed by atoms with Crippen LogP contribution in [0.15, 0.2) is 0 Å². The van der Waals surface area contributed by atoms with Crippen LogP contribution in [0.3, 0.4) is 0 Å². The summed E-state index contributed by atoms with van der Waals surface area (Å²) in [5.41, 5.74) is 6.28. The van der Waals surface area contributed by atoms with Crippen LogP contribution in [-0.4, -0.2) is 51.3 Å². The van der Waals surface area contributed by atoms with Crippen molar-refractivity contribution in [2.45, 2.75) is 101 Å². The molecule has 0 bridgehead atoms. The minimum Gasteiger partial charge on any atom is -0.376 e. The molecule has 6 nitrogen and oxygen atoms in total. The highest BCUT2D eigenvalue weighted by atomic mass is 79.9. The molecule has 2 aliphatic rings. The van der Waals surface area contributed by atoms with E-state index in [0.29, 0.717) is 16.8 Å². The number of hydrogen-bond donors (Lipinski definition) is 5. The lowest BCUT2D eigenvalue weighted by atomic mass is 9.82. The van der Waals surface area contributed by atoms with Crippen LogP contribution < -0.4 is 16.2 Å². The summed E-state index contributed by atoms with van der Waals surface area (Å²) >= 11 is 3.70. The van der Waals surface area contributed by atoms with Gasteiger partial charge in [0.1, 0.15) is 6.23 Å². The van der Waals surface area contributed by atoms with Crippen LogP contribution in [0, 0.1) is 5.92 Å². The van der Waals surface area contributed by atoms with Crippen LogP contribution in [0.5, 0.6) is 0 Å². The van der Waals surface area contributed by atoms with Crippen molar-refractivity contribution in [3.8, 4) is 0 Å². The van der Waals surface area contributed by atoms with E-state index in [4.69, 9.17) is 4.74 Å². The van der Waals surface area contributed by atoms with Gasteiger partial charge in [0.05, 0.1) is 12.1 Å². The maximum absolute atomic E-state index is 10.4. The fourth-order valence-corrected chi connectivity index (χ4v) is 4.06. The fraction of sp³-hybridized carbons (Fsp3) is 1.00. The summed E-state index contributed by atoms with van der Waals surface area (Å²) in [5.74, 6) is 0.647. The standard InChI is InChI=1S/C17H34BrN3O3/c1-10(15(22)19-17(2,3)4)24-16(23)14-9-13(20-21-14)11-5-7-12(18)8-6-11/h10-16,19-23H,5-9H2,1-4H3. The summed E-state index contributed by atoms with van der Waals surface area (Å²) in [6, 6.07) is 0.224. The third-order valence-electron chi connectivity index (χ3n) is 4.96. The molecule has 0 aromatic heterocycles. The largest absolute Gasteiger partial charge is 0.376 e. The number of nitrogens with one attached hydrogen (secondary N) is 3. The van der Waals surface area contributed by atoms with Gasteiger partial charge in [-0.2, -0.15) is 0 Å². The summed E-state index contributed by atoms with van der Waals surface area (Å²) in [6.45, 7) is 7.71. The number of hydrogen-bond acceptors (Lipinski definition) is 6. The molecular weight excluding hydrogens is 374 g/mol. The molecule has 24 heavy (non-hydrogen) atoms. The molecule has 1 saturated carbocycles. The number of aliphatic hydroxyl groups excluding tert-OH is 2. The molecule has 5 atom stereocenters. The second-order valence-corrected chi connectivity index (χ2v) is 9.62. The van der Waals surface area contributed by atoms with E-state index in [1.807, 2.05) is 20.8 Å². The molecule has 1 aliphatic heterocycles. The minimum atomic E-state index is -0.943. The van der Waals surface area contributed by atoms with Crippen molar-refractivity contribution in [3.63, 3.8) is 0 Å². The zero-order valence-electron chi connectivity index (χ0n) is 15.3. The number of hydrazine groups is 1. The zero-order chi connectivity index (χ0) is 17.9. The lowest BCUT2D eigenvalue weighted by molar-refractivity contribution is -0.178. The molecule has 0 spiro atoms. The molecule has 0 amide bonds. The smallest absolute Gasteiger partial charge is 0.171 e. The van der Waals surface area contributed by atoms with Gasteiger partial charge in [-0.1, -0.05) is 15.9 Å². The monoisotopic (exact) mass is 407 g/mol. The average molecular weight is 408 g/mol. The molecule has 1 saturated heterocycles. The molecular formula is C17H34BrN3O3. The van der Waals surface area contributed by atoms with E-state index in [1.54, 1.807) is 6.92 Å². The molecule has 0 radical (unpaired) electrons. The molecule has 142 valence electrons. The third-order valence-corrected chi connectivity index (χ3v) is 5.87. The lowest BCUT2D eigenvalue weighted by Crippen LogP contribution is -2.51. The molecule has 1 heterocycles. The van der Waals surface area contributed by atoms with Gasteiger partial charge in [0.2, 0.25) is 0 Å². The summed E-state index contributed by atoms with van der Waals surface area (Å²) in [6.07, 6.45) is 3.44. The maximum Gasteiger partial charge on any atom is 0.171 e. The zero-order valence-corrected chi connectivity index (χ0v) is 16.8. The van der Waals surface area contributed by atoms with Crippen LogP contribution in [0.4, 0.5) is 0 Å². The second-order valence-electron chi connectivity index (χ2n) is 8.32. The van der Waals surface area contributed by atoms with Gasteiger partial charge in [0.25, 0.3) is 0 Å². The van der Waals surface area contributed by atoms with Gasteiger partial charge < -0.3 is 14.9 Å². The predicted molar refractivity (Wildman–Crippen MR) is 98.6 cm³/mol. The van der Waals surface area contributed by atoms with Gasteiger partial charge in [-0.15, -0.1) is 0 Å². The van der Waals surface area contributed by atoms with Crippen LogP contribution >= 0.6 is 15.9 Å². The van der Waals surface area contributed by atoms with Crippen LogP contribution in [0.2, 0.25) is 0 Å². The van der Waals surface area contributed by atoms with E-state index in [0.717, 1.165) is 6.42 Å². The molecule has 5 N–H and O–H groups in total. The van der Waals surface area contributed by atoms with Crippen LogP contribution in [-0.2, 0) is 4.74 Å². The van der Waals surface area contributed by atoms with E-state index in [-0.39, 0.29) is 11.6 Å². The van der Waals surface area contributed by atoms with Crippen molar-refractivity contribution in [3.05, 3.63) is 0 Å². The highest BCUT2D eigenvalue weighted by Crippen LogP contribution is 2.33. The first-order valence-electron chi connectivity index (χ1n) is 9.10. The first-order valence-corrected chi connectivity index (χ1v) is 10.0. The molecule has 0 aromatic carbocycles. The Labute approximate surface area is 154 Å². The van der Waals surface area contributed by atoms with Gasteiger partial charge in [0.15, 0.2) is 6.29 Å². The van der Waals surface area contributed by atoms with Gasteiger partial charge in [-0.3, -0.25) is 10.7 Å². The topological polar surface area (TPSA) is 85.8 Å². The molecule has 5 unspecified atom stereocenters. The molecule has 1 aliphatic carbocycles. The first kappa shape index (κ1) is 20.6. The Kier molecular flexibility index (Phi) is 7.49. The molecule has 2 fully saturated rings. The molecule has 2 rings (SSSR count). The quantitative estimate of drug-likeness (QED) is 0.339. The fourth-order valence-electron chi connectivity index (χ4n) is 3.53. The van der Waals surface area contributed by atoms with E-state index in [1.165, 1.54) is 25.7 Å². The Balaban J connectivity index is 1.76. The number of alkyl halides is 1. The third kappa shape index (κ3) is 6.20. The van der Waals surface area contributed by atoms with E-state index in [2.05, 4.69) is 32.1 Å². The van der Waals surface area contributed by atoms with E-state index in [9.17, 15) is 10.2 Å². The van der Waals surface area contributed by atoms with Crippen LogP contribution in [0.25, 0.3) is 0 Å². The van der Waals surface area contributed by atoms with Crippen molar-refractivity contribution in [2.75, 3.05) is 0 Å². The number of halogens is 1. The van der Waals surface area contributed by atoms with Gasteiger partial charge in [0, 0.05) is 16.4 Å². The molecule has 0 aromatic rings. The van der Waals surface area contributed by atoms with Crippen molar-refractivity contribution in [1.29, 1.82) is 0 Å². The highest BCUT2D eigenvalue weighted by Gasteiger charge is 2.36. The second kappa shape index (κ2) is 8.75. The Hall–Kier alpha value is 0.240. The average Bonchev–Trinajstić information content (AvgIpc) is 2.96. The maximum atomic E-state index is 10.4. The summed E-state index contributed by atoms with van der Waals surface area (Å²) in [5, 5.41) is 23.6. The van der Waals surface area contributed by atoms with Crippen molar-refractivity contribution >= 4 is 15.9 Å². The van der Waals surface area contributed by atoms with E-state index < -0.39 is 18.6 Å². The minimum absolute atomic E-state index is 0.152. The van der Waals surface area contributed by atoms with Crippen LogP contribution in [0.1, 0.15) is 59.8 Å². The summed E-state index contributed by atoms with van der Waals surface area (Å²) in [7, 11) is 0. The SMILES string of the molecule is CC(OC(O)C1CC(C2CCC(Br)CC2)NN1)C(O)NC(C)(C)C. The number of aliphatic hydroxyl groups is 2. The Morgan fingerprint density at radius 3 is 2.33 bits per heavy atom. The van der Waals surface area contributed by atoms with Crippen molar-refractivity contribution in [1.82, 2.24) is 16.2 Å². The van der Waals surface area contributed by atoms with Crippen molar-refractivity contribution in [2.24, 2.45) is 5.92 Å². The van der Waals surface area contributed by atoms with Gasteiger partial charge >= 0.3 is 0 Å². The van der Waals surface area contributed by atoms with E-state index >= 15 is 0 Å². The Bertz CT molecular complexity index is 386. The summed E-state index contributed by atoms with van der Waals surface area (Å²) < 4.78 is 5.63. The Morgan fingerprint density at radius 1 is 1.12 bits per heavy atom. The highest BCUT2D eigenvalue weighted by molar-refractivity contribution is 9.09. The number of rotatable bonds is 6. The lowest BCUT2D eigenvalue weighted by Gasteiger charge is -2.31. The predicted octanol–water partition coefficient (Wildman–Crippen LogP) is 1.61. The van der Waals surface area contributed by atoms with Gasteiger partial charge in [-0.25, -0.2) is 5.43 Å². The Morgan fingerprint density at radius 2 is 1.75 bits per heavy atom. The first-order chi connectivity index (χ1) is 11.2. The van der Waals surface area contributed by atoms with Gasteiger partial charge in [-0.05, 0) is 65.7 Å².